The van der Waals surface area contributed by atoms with E-state index in [0.717, 1.165) is 12.8 Å². The van der Waals surface area contributed by atoms with E-state index in [4.69, 9.17) is 0 Å². The molecule has 0 spiro atoms. The van der Waals surface area contributed by atoms with Gasteiger partial charge in [0.05, 0.1) is 0 Å². The van der Waals surface area contributed by atoms with Crippen LogP contribution in [0.4, 0.5) is 0 Å². The molecule has 0 saturated heterocycles. The highest BCUT2D eigenvalue weighted by molar-refractivity contribution is 5.66. The van der Waals surface area contributed by atoms with Gasteiger partial charge in [0.15, 0.2) is 0 Å². The van der Waals surface area contributed by atoms with Crippen LogP contribution in [0.5, 0.6) is 0 Å². The fourth-order valence-electron chi connectivity index (χ4n) is 3.08. The molecular formula is C40H76. The van der Waals surface area contributed by atoms with Crippen LogP contribution in [-0.4, -0.2) is 0 Å². The predicted molar refractivity (Wildman–Crippen MR) is 201 cm³/mol. The fourth-order valence-corrected chi connectivity index (χ4v) is 3.08. The molecule has 2 aliphatic carbocycles. The van der Waals surface area contributed by atoms with Crippen molar-refractivity contribution in [3.05, 3.63) is 106 Å². The van der Waals surface area contributed by atoms with E-state index in [0.29, 0.717) is 0 Å². The second-order valence-electron chi connectivity index (χ2n) is 6.63. The number of benzene rings is 2. The van der Waals surface area contributed by atoms with Gasteiger partial charge in [-0.1, -0.05) is 190 Å². The Morgan fingerprint density at radius 3 is 1.15 bits per heavy atom. The van der Waals surface area contributed by atoms with Gasteiger partial charge in [-0.25, -0.2) is 0 Å². The molecule has 0 bridgehead atoms. The van der Waals surface area contributed by atoms with Crippen molar-refractivity contribution in [2.24, 2.45) is 0 Å². The van der Waals surface area contributed by atoms with Crippen molar-refractivity contribution in [3.8, 4) is 0 Å². The molecule has 0 atom stereocenters. The Morgan fingerprint density at radius 1 is 0.475 bits per heavy atom. The zero-order chi connectivity index (χ0) is 28.8. The summed E-state index contributed by atoms with van der Waals surface area (Å²) in [6.07, 6.45) is 15.0. The first kappa shape index (κ1) is 57.3. The normalized spacial score (nSPS) is 9.85. The Bertz CT molecular complexity index is 825. The molecule has 0 aromatic heterocycles. The number of allylic oxidation sites excluding steroid dienone is 6. The first-order valence-electron chi connectivity index (χ1n) is 14.4. The highest BCUT2D eigenvalue weighted by Gasteiger charge is 2.08. The van der Waals surface area contributed by atoms with Crippen LogP contribution in [0.3, 0.4) is 0 Å². The summed E-state index contributed by atoms with van der Waals surface area (Å²) in [5, 5.41) is 0. The molecule has 236 valence electrons. The fraction of sp³-hybridized carbons (Fsp3) is 0.500. The van der Waals surface area contributed by atoms with Crippen molar-refractivity contribution in [2.75, 3.05) is 0 Å². The van der Waals surface area contributed by atoms with Crippen molar-refractivity contribution in [1.82, 2.24) is 0 Å². The van der Waals surface area contributed by atoms with Crippen molar-refractivity contribution < 1.29 is 0 Å². The van der Waals surface area contributed by atoms with Gasteiger partial charge < -0.3 is 0 Å². The molecule has 2 aliphatic rings. The van der Waals surface area contributed by atoms with Crippen LogP contribution < -0.4 is 0 Å². The van der Waals surface area contributed by atoms with Crippen LogP contribution in [0.1, 0.15) is 149 Å². The molecule has 4 rings (SSSR count). The van der Waals surface area contributed by atoms with Gasteiger partial charge in [0.2, 0.25) is 0 Å². The molecule has 0 heteroatoms. The summed E-state index contributed by atoms with van der Waals surface area (Å²) < 4.78 is 0. The number of fused-ring (bicyclic) bond motifs is 2. The molecule has 0 aliphatic heterocycles. The molecule has 0 N–H and O–H groups in total. The Kier molecular flexibility index (Phi) is 66.3. The minimum atomic E-state index is 0. The molecule has 0 fully saturated rings. The maximum absolute atomic E-state index is 2.26. The summed E-state index contributed by atoms with van der Waals surface area (Å²) >= 11 is 0. The van der Waals surface area contributed by atoms with E-state index in [1.54, 1.807) is 0 Å². The van der Waals surface area contributed by atoms with Gasteiger partial charge in [0, 0.05) is 0 Å². The molecule has 2 aromatic carbocycles. The molecule has 0 heterocycles. The second kappa shape index (κ2) is 46.3. The largest absolute Gasteiger partial charge is 0.0919 e. The van der Waals surface area contributed by atoms with Crippen LogP contribution in [-0.2, 0) is 12.8 Å². The highest BCUT2D eigenvalue weighted by atomic mass is 14.1. The summed E-state index contributed by atoms with van der Waals surface area (Å²) in [6.45, 7) is 28.2. The lowest BCUT2D eigenvalue weighted by Gasteiger charge is -1.94. The standard InChI is InChI=1S/C12H12.C10H10.C4H8.5C2H6.4CH4/c1-2-5-10-8-11-6-3-4-7-12(11)9-10;1-8-6-9-4-2-3-5-10(9)7-8;1-3-4-2;5*1-2;;;;/h2-8H,9H2,1H3;2-6H,7H2,1H3;3-4H,1-2H3;5*1-2H3;4*1H4/b5-2+;;4-3+;;;;;;;;;. The molecule has 40 heavy (non-hydrogen) atoms. The number of hydrogen-bond donors (Lipinski definition) is 0. The average molecular weight is 557 g/mol. The Morgan fingerprint density at radius 2 is 0.825 bits per heavy atom. The van der Waals surface area contributed by atoms with Crippen molar-refractivity contribution in [2.45, 2.75) is 139 Å². The number of hydrogen-bond acceptors (Lipinski definition) is 0. The molecule has 0 saturated carbocycles. The zero-order valence-corrected chi connectivity index (χ0v) is 26.5. The third kappa shape index (κ3) is 27.0. The molecule has 0 radical (unpaired) electrons. The highest BCUT2D eigenvalue weighted by Crippen LogP contribution is 2.25. The summed E-state index contributed by atoms with van der Waals surface area (Å²) in [6, 6.07) is 17.1. The van der Waals surface area contributed by atoms with Crippen LogP contribution in [0.25, 0.3) is 12.2 Å². The van der Waals surface area contributed by atoms with Crippen molar-refractivity contribution in [1.29, 1.82) is 0 Å². The summed E-state index contributed by atoms with van der Waals surface area (Å²) in [4.78, 5) is 0. The van der Waals surface area contributed by atoms with Crippen LogP contribution in [0.15, 0.2) is 84.0 Å². The van der Waals surface area contributed by atoms with E-state index in [2.05, 4.69) is 86.7 Å². The van der Waals surface area contributed by atoms with Crippen LogP contribution in [0, 0.1) is 0 Å². The molecule has 0 nitrogen and oxygen atoms in total. The van der Waals surface area contributed by atoms with Gasteiger partial charge >= 0.3 is 0 Å². The van der Waals surface area contributed by atoms with Crippen LogP contribution >= 0.6 is 0 Å². The maximum Gasteiger partial charge on any atom is -0.00197 e. The van der Waals surface area contributed by atoms with E-state index < -0.39 is 0 Å². The van der Waals surface area contributed by atoms with Crippen molar-refractivity contribution >= 4 is 12.2 Å². The summed E-state index contributed by atoms with van der Waals surface area (Å²) in [5.74, 6) is 0. The molecule has 0 unspecified atom stereocenters. The maximum atomic E-state index is 2.26. The lowest BCUT2D eigenvalue weighted by Crippen LogP contribution is -1.80. The monoisotopic (exact) mass is 557 g/mol. The van der Waals surface area contributed by atoms with Gasteiger partial charge in [0.25, 0.3) is 0 Å². The lowest BCUT2D eigenvalue weighted by atomic mass is 10.1. The second-order valence-corrected chi connectivity index (χ2v) is 6.63. The lowest BCUT2D eigenvalue weighted by molar-refractivity contribution is 1.20. The van der Waals surface area contributed by atoms with Crippen LogP contribution in [0.2, 0.25) is 0 Å². The van der Waals surface area contributed by atoms with Crippen molar-refractivity contribution in [3.63, 3.8) is 0 Å². The van der Waals surface area contributed by atoms with E-state index in [1.165, 1.54) is 33.4 Å². The minimum Gasteiger partial charge on any atom is -0.0919 e. The van der Waals surface area contributed by atoms with Gasteiger partial charge in [0.1, 0.15) is 0 Å². The van der Waals surface area contributed by atoms with E-state index in [1.807, 2.05) is 95.2 Å². The molecule has 2 aromatic rings. The Hall–Kier alpha value is -2.60. The van der Waals surface area contributed by atoms with E-state index in [9.17, 15) is 0 Å². The van der Waals surface area contributed by atoms with E-state index in [-0.39, 0.29) is 29.7 Å². The third-order valence-corrected chi connectivity index (χ3v) is 4.43. The van der Waals surface area contributed by atoms with Gasteiger partial charge in [-0.05, 0) is 68.4 Å². The SMILES string of the molecule is C.C.C.C.C/C=C/C.C/C=C/C1=Cc2ccccc2C1.CC.CC.CC.CC.CC.CC1=Cc2ccccc2C1. The van der Waals surface area contributed by atoms with Gasteiger partial charge in [-0.15, -0.1) is 0 Å². The van der Waals surface area contributed by atoms with E-state index >= 15 is 0 Å². The first-order chi connectivity index (χ1) is 17.7. The summed E-state index contributed by atoms with van der Waals surface area (Å²) in [7, 11) is 0. The Labute approximate surface area is 257 Å². The topological polar surface area (TPSA) is 0 Å². The first-order valence-corrected chi connectivity index (χ1v) is 14.4. The minimum absolute atomic E-state index is 0. The number of rotatable bonds is 1. The summed E-state index contributed by atoms with van der Waals surface area (Å²) in [5.41, 5.74) is 8.59. The predicted octanol–water partition coefficient (Wildman–Crippen LogP) is 15.1. The molecule has 0 amide bonds. The quantitative estimate of drug-likeness (QED) is 0.306. The Balaban J connectivity index is -0.0000000558. The van der Waals surface area contributed by atoms with Gasteiger partial charge in [-0.3, -0.25) is 0 Å². The smallest absolute Gasteiger partial charge is 0.00197 e. The average Bonchev–Trinajstić information content (AvgIpc) is 3.57. The third-order valence-electron chi connectivity index (χ3n) is 4.43. The zero-order valence-electron chi connectivity index (χ0n) is 26.5. The molecular weight excluding hydrogens is 480 g/mol. The van der Waals surface area contributed by atoms with Gasteiger partial charge in [-0.2, -0.15) is 0 Å².